The molecule has 1 aromatic rings. The predicted octanol–water partition coefficient (Wildman–Crippen LogP) is 0.375. The summed E-state index contributed by atoms with van der Waals surface area (Å²) in [5, 5.41) is 20.8. The van der Waals surface area contributed by atoms with E-state index in [4.69, 9.17) is 10.2 Å². The van der Waals surface area contributed by atoms with Gasteiger partial charge in [-0.25, -0.2) is 19.2 Å². The fraction of sp³-hybridized carbons (Fsp3) is 0.143. The molecule has 8 nitrogen and oxygen atoms in total. The van der Waals surface area contributed by atoms with Crippen LogP contribution >= 0.6 is 0 Å². The van der Waals surface area contributed by atoms with Gasteiger partial charge in [0.1, 0.15) is 0 Å². The van der Waals surface area contributed by atoms with Gasteiger partial charge < -0.3 is 10.2 Å². The average Bonchev–Trinajstić information content (AvgIpc) is 2.65. The summed E-state index contributed by atoms with van der Waals surface area (Å²) in [4.78, 5) is 24.8. The quantitative estimate of drug-likeness (QED) is 0.477. The maximum absolute atomic E-state index is 10.6. The Balaban J connectivity index is 3.10. The summed E-state index contributed by atoms with van der Waals surface area (Å²) in [5.41, 5.74) is 0. The van der Waals surface area contributed by atoms with Crippen molar-refractivity contribution in [3.8, 4) is 0 Å². The van der Waals surface area contributed by atoms with Crippen molar-refractivity contribution in [3.05, 3.63) is 18.5 Å². The molecule has 0 saturated carbocycles. The van der Waals surface area contributed by atoms with Crippen molar-refractivity contribution in [1.82, 2.24) is 14.7 Å². The van der Waals surface area contributed by atoms with E-state index in [1.807, 2.05) is 0 Å². The zero-order valence-corrected chi connectivity index (χ0v) is 7.73. The van der Waals surface area contributed by atoms with E-state index in [9.17, 15) is 9.59 Å². The number of carboxylic acid groups (broad SMARTS) is 2. The highest BCUT2D eigenvalue weighted by Crippen LogP contribution is 1.95. The second kappa shape index (κ2) is 4.22. The number of amides is 2. The maximum Gasteiger partial charge on any atom is 0.434 e. The van der Waals surface area contributed by atoms with Gasteiger partial charge in [0.2, 0.25) is 5.96 Å². The summed E-state index contributed by atoms with van der Waals surface area (Å²) in [6.07, 6.45) is -0.0482. The Labute approximate surface area is 84.1 Å². The second-order valence-corrected chi connectivity index (χ2v) is 2.49. The minimum absolute atomic E-state index is 0.306. The first-order valence-electron chi connectivity index (χ1n) is 3.80. The number of hydrogen-bond donors (Lipinski definition) is 2. The molecule has 0 spiro atoms. The molecule has 80 valence electrons. The van der Waals surface area contributed by atoms with Crippen molar-refractivity contribution in [1.29, 1.82) is 0 Å². The summed E-state index contributed by atoms with van der Waals surface area (Å²) in [7, 11) is 1.17. The van der Waals surface area contributed by atoms with Crippen molar-refractivity contribution in [2.45, 2.75) is 0 Å². The molecule has 15 heavy (non-hydrogen) atoms. The van der Waals surface area contributed by atoms with Crippen LogP contribution in [0.25, 0.3) is 0 Å². The fourth-order valence-corrected chi connectivity index (χ4v) is 0.838. The molecule has 0 unspecified atom stereocenters. The summed E-state index contributed by atoms with van der Waals surface area (Å²) < 4.78 is 1.04. The van der Waals surface area contributed by atoms with Gasteiger partial charge in [-0.2, -0.15) is 5.10 Å². The molecular weight excluding hydrogens is 204 g/mol. The van der Waals surface area contributed by atoms with Crippen LogP contribution in [0.5, 0.6) is 0 Å². The molecule has 0 radical (unpaired) electrons. The van der Waals surface area contributed by atoms with E-state index in [-0.39, 0.29) is 5.96 Å². The van der Waals surface area contributed by atoms with Crippen molar-refractivity contribution in [3.63, 3.8) is 0 Å². The highest BCUT2D eigenvalue weighted by Gasteiger charge is 2.17. The first-order valence-corrected chi connectivity index (χ1v) is 3.80. The Kier molecular flexibility index (Phi) is 3.01. The van der Waals surface area contributed by atoms with Gasteiger partial charge in [-0.1, -0.05) is 0 Å². The highest BCUT2D eigenvalue weighted by atomic mass is 16.4. The molecule has 0 saturated heterocycles. The zero-order valence-electron chi connectivity index (χ0n) is 7.73. The summed E-state index contributed by atoms with van der Waals surface area (Å²) in [5.74, 6) is -0.306. The van der Waals surface area contributed by atoms with E-state index in [0.717, 1.165) is 4.68 Å². The number of hydrogen-bond acceptors (Lipinski definition) is 3. The summed E-state index contributed by atoms with van der Waals surface area (Å²) in [6, 6.07) is 1.52. The van der Waals surface area contributed by atoms with Crippen molar-refractivity contribution in [2.24, 2.45) is 4.99 Å². The Morgan fingerprint density at radius 3 is 2.53 bits per heavy atom. The van der Waals surface area contributed by atoms with Crippen LogP contribution in [0.3, 0.4) is 0 Å². The minimum atomic E-state index is -1.49. The van der Waals surface area contributed by atoms with E-state index in [0.29, 0.717) is 4.90 Å². The monoisotopic (exact) mass is 212 g/mol. The van der Waals surface area contributed by atoms with E-state index < -0.39 is 12.2 Å². The molecule has 0 aliphatic heterocycles. The normalized spacial score (nSPS) is 11.1. The van der Waals surface area contributed by atoms with Crippen LogP contribution in [-0.4, -0.2) is 50.1 Å². The van der Waals surface area contributed by atoms with E-state index >= 15 is 0 Å². The van der Waals surface area contributed by atoms with Gasteiger partial charge >= 0.3 is 12.2 Å². The third kappa shape index (κ3) is 2.53. The molecule has 8 heteroatoms. The molecule has 0 bridgehead atoms. The first kappa shape index (κ1) is 10.7. The molecule has 0 atom stereocenters. The Hall–Kier alpha value is -2.38. The lowest BCUT2D eigenvalue weighted by molar-refractivity contribution is 0.174. The molecule has 2 N–H and O–H groups in total. The molecule has 0 fully saturated rings. The minimum Gasteiger partial charge on any atom is -0.465 e. The molecule has 1 heterocycles. The van der Waals surface area contributed by atoms with Crippen LogP contribution in [0.1, 0.15) is 0 Å². The zero-order chi connectivity index (χ0) is 11.4. The number of carbonyl (C=O) groups is 2. The van der Waals surface area contributed by atoms with E-state index in [2.05, 4.69) is 10.1 Å². The van der Waals surface area contributed by atoms with Crippen LogP contribution in [-0.2, 0) is 0 Å². The maximum atomic E-state index is 10.6. The van der Waals surface area contributed by atoms with Gasteiger partial charge in [0.25, 0.3) is 0 Å². The molecular formula is C7H8N4O4. The number of rotatable bonds is 0. The second-order valence-electron chi connectivity index (χ2n) is 2.49. The van der Waals surface area contributed by atoms with Crippen LogP contribution in [0, 0.1) is 0 Å². The van der Waals surface area contributed by atoms with Gasteiger partial charge in [-0.05, 0) is 6.07 Å². The number of aromatic nitrogens is 2. The lowest BCUT2D eigenvalue weighted by atomic mass is 10.7. The van der Waals surface area contributed by atoms with Crippen LogP contribution < -0.4 is 0 Å². The molecule has 1 rings (SSSR count). The lowest BCUT2D eigenvalue weighted by Crippen LogP contribution is -2.37. The van der Waals surface area contributed by atoms with Gasteiger partial charge in [0.15, 0.2) is 0 Å². The topological polar surface area (TPSA) is 108 Å². The third-order valence-electron chi connectivity index (χ3n) is 1.49. The SMILES string of the molecule is CN(C(=O)O)C(=NC(=O)O)n1cccn1. The Morgan fingerprint density at radius 1 is 1.47 bits per heavy atom. The summed E-state index contributed by atoms with van der Waals surface area (Å²) >= 11 is 0. The average molecular weight is 212 g/mol. The van der Waals surface area contributed by atoms with E-state index in [1.54, 1.807) is 0 Å². The van der Waals surface area contributed by atoms with Crippen molar-refractivity contribution < 1.29 is 19.8 Å². The van der Waals surface area contributed by atoms with Gasteiger partial charge in [-0.15, -0.1) is 4.99 Å². The summed E-state index contributed by atoms with van der Waals surface area (Å²) in [6.45, 7) is 0. The van der Waals surface area contributed by atoms with Crippen molar-refractivity contribution >= 4 is 18.1 Å². The van der Waals surface area contributed by atoms with Gasteiger partial charge in [-0.3, -0.25) is 0 Å². The van der Waals surface area contributed by atoms with Crippen LogP contribution in [0.2, 0.25) is 0 Å². The largest absolute Gasteiger partial charge is 0.465 e. The number of nitrogens with zero attached hydrogens (tertiary/aromatic N) is 4. The first-order chi connectivity index (χ1) is 7.02. The van der Waals surface area contributed by atoms with Crippen molar-refractivity contribution in [2.75, 3.05) is 7.05 Å². The highest BCUT2D eigenvalue weighted by molar-refractivity contribution is 5.98. The fourth-order valence-electron chi connectivity index (χ4n) is 0.838. The van der Waals surface area contributed by atoms with Crippen LogP contribution in [0.15, 0.2) is 23.5 Å². The smallest absolute Gasteiger partial charge is 0.434 e. The van der Waals surface area contributed by atoms with Crippen LogP contribution in [0.4, 0.5) is 9.59 Å². The number of aliphatic imine (C=N–C) groups is 1. The Bertz CT molecular complexity index is 397. The third-order valence-corrected chi connectivity index (χ3v) is 1.49. The standard InChI is InChI=1S/C7H8N4O4/c1-10(7(14)15)5(9-6(12)13)11-4-2-3-8-11/h2-4H,1H3,(H,12,13)(H,14,15). The Morgan fingerprint density at radius 2 is 2.13 bits per heavy atom. The molecule has 0 aliphatic rings. The molecule has 0 aromatic carbocycles. The molecule has 0 aliphatic carbocycles. The van der Waals surface area contributed by atoms with Gasteiger partial charge in [0, 0.05) is 19.4 Å². The van der Waals surface area contributed by atoms with Gasteiger partial charge in [0.05, 0.1) is 0 Å². The molecule has 2 amide bonds. The lowest BCUT2D eigenvalue weighted by Gasteiger charge is -2.14. The predicted molar refractivity (Wildman–Crippen MR) is 48.9 cm³/mol. The molecule has 1 aromatic heterocycles. The van der Waals surface area contributed by atoms with E-state index in [1.165, 1.54) is 25.5 Å².